The molecule has 5 nitrogen and oxygen atoms in total. The normalized spacial score (nSPS) is 11.1. The summed E-state index contributed by atoms with van der Waals surface area (Å²) in [7, 11) is 1.97. The predicted octanol–water partition coefficient (Wildman–Crippen LogP) is 8.05. The number of aliphatic carboxylic acids is 1. The number of carbonyl (C=O) groups excluding carboxylic acids is 1. The fourth-order valence-electron chi connectivity index (χ4n) is 5.81. The molecule has 0 atom stereocenters. The lowest BCUT2D eigenvalue weighted by molar-refractivity contribution is -0.137. The molecule has 0 bridgehead atoms. The fourth-order valence-corrected chi connectivity index (χ4v) is 5.81. The van der Waals surface area contributed by atoms with Crippen LogP contribution in [0.3, 0.4) is 0 Å². The lowest BCUT2D eigenvalue weighted by Gasteiger charge is -2.21. The van der Waals surface area contributed by atoms with Gasteiger partial charge >= 0.3 is 5.97 Å². The van der Waals surface area contributed by atoms with Crippen molar-refractivity contribution in [3.8, 4) is 0 Å². The maximum Gasteiger partial charge on any atom is 0.303 e. The van der Waals surface area contributed by atoms with Crippen LogP contribution >= 0.6 is 0 Å². The molecule has 0 fully saturated rings. The molecule has 220 valence electrons. The van der Waals surface area contributed by atoms with Crippen LogP contribution in [0.2, 0.25) is 0 Å². The highest BCUT2D eigenvalue weighted by atomic mass is 16.4. The lowest BCUT2D eigenvalue weighted by Crippen LogP contribution is -2.20. The van der Waals surface area contributed by atoms with Gasteiger partial charge in [0.1, 0.15) is 0 Å². The molecule has 0 aliphatic carbocycles. The van der Waals surface area contributed by atoms with Gasteiger partial charge in [-0.25, -0.2) is 0 Å². The van der Waals surface area contributed by atoms with Crippen molar-refractivity contribution in [1.29, 1.82) is 0 Å². The zero-order valence-electron chi connectivity index (χ0n) is 25.0. The van der Waals surface area contributed by atoms with Crippen LogP contribution in [0.5, 0.6) is 0 Å². The van der Waals surface area contributed by atoms with E-state index in [0.29, 0.717) is 30.0 Å². The molecule has 0 spiro atoms. The molecule has 0 unspecified atom stereocenters. The molecule has 0 amide bonds. The maximum absolute atomic E-state index is 13.7. The highest BCUT2D eigenvalue weighted by molar-refractivity contribution is 6.10. The second kappa shape index (κ2) is 15.8. The lowest BCUT2D eigenvalue weighted by atomic mass is 9.98. The molecule has 0 saturated carbocycles. The highest BCUT2D eigenvalue weighted by Crippen LogP contribution is 2.24. The molecule has 1 heterocycles. The summed E-state index contributed by atoms with van der Waals surface area (Å²) in [5.41, 5.74) is 7.08. The first-order chi connectivity index (χ1) is 20.4. The van der Waals surface area contributed by atoms with E-state index < -0.39 is 5.97 Å². The summed E-state index contributed by atoms with van der Waals surface area (Å²) in [6.45, 7) is 2.06. The van der Waals surface area contributed by atoms with Gasteiger partial charge in [0.05, 0.1) is 0 Å². The number of aryl methyl sites for hydroxylation is 3. The van der Waals surface area contributed by atoms with Crippen LogP contribution in [0, 0.1) is 0 Å². The summed E-state index contributed by atoms with van der Waals surface area (Å²) in [6, 6.07) is 31.5. The van der Waals surface area contributed by atoms with Gasteiger partial charge in [-0.3, -0.25) is 9.59 Å². The van der Waals surface area contributed by atoms with E-state index in [-0.39, 0.29) is 12.2 Å². The van der Waals surface area contributed by atoms with Gasteiger partial charge in [0, 0.05) is 47.7 Å². The minimum atomic E-state index is -0.793. The molecule has 0 aliphatic rings. The smallest absolute Gasteiger partial charge is 0.303 e. The SMILES string of the molecule is CCc1c(C(=O)c2cccc(NC(CCCc3ccccc3)CCCc3ccccc3)c2)cc(CCCC(=O)O)n1C. The average Bonchev–Trinajstić information content (AvgIpc) is 3.32. The van der Waals surface area contributed by atoms with E-state index in [1.54, 1.807) is 0 Å². The summed E-state index contributed by atoms with van der Waals surface area (Å²) in [5.74, 6) is -0.778. The Kier molecular flexibility index (Phi) is 11.6. The Labute approximate surface area is 250 Å². The molecule has 0 saturated heterocycles. The van der Waals surface area contributed by atoms with Gasteiger partial charge in [0.25, 0.3) is 0 Å². The van der Waals surface area contributed by atoms with E-state index in [0.717, 1.165) is 62.0 Å². The zero-order valence-corrected chi connectivity index (χ0v) is 25.0. The molecule has 4 aromatic rings. The van der Waals surface area contributed by atoms with E-state index in [1.165, 1.54) is 11.1 Å². The van der Waals surface area contributed by atoms with Gasteiger partial charge in [-0.1, -0.05) is 79.7 Å². The summed E-state index contributed by atoms with van der Waals surface area (Å²) in [6.07, 6.45) is 8.47. The standard InChI is InChI=1S/C37H44N2O3/c1-3-35-34(27-33(39(35)2)24-13-25-36(40)41)37(42)30-20-12-23-32(26-30)38-31(21-10-18-28-14-6-4-7-15-28)22-11-19-29-16-8-5-9-17-29/h4-9,12,14-17,20,23,26-27,31,38H,3,10-11,13,18-19,21-22,24-25H2,1-2H3,(H,40,41). The van der Waals surface area contributed by atoms with E-state index in [9.17, 15) is 9.59 Å². The van der Waals surface area contributed by atoms with Crippen LogP contribution in [0.15, 0.2) is 91.0 Å². The number of hydrogen-bond acceptors (Lipinski definition) is 3. The summed E-state index contributed by atoms with van der Waals surface area (Å²) in [5, 5.41) is 12.8. The third kappa shape index (κ3) is 8.94. The van der Waals surface area contributed by atoms with Crippen molar-refractivity contribution in [3.05, 3.63) is 125 Å². The van der Waals surface area contributed by atoms with Crippen molar-refractivity contribution in [2.24, 2.45) is 7.05 Å². The Morgan fingerprint density at radius 2 is 1.40 bits per heavy atom. The Bertz CT molecular complexity index is 1380. The molecule has 4 rings (SSSR count). The number of benzene rings is 3. The predicted molar refractivity (Wildman–Crippen MR) is 171 cm³/mol. The van der Waals surface area contributed by atoms with Crippen molar-refractivity contribution >= 4 is 17.4 Å². The fraction of sp³-hybridized carbons (Fsp3) is 0.351. The second-order valence-corrected chi connectivity index (χ2v) is 11.2. The number of carboxylic acids is 1. The third-order valence-corrected chi connectivity index (χ3v) is 8.08. The molecule has 1 aromatic heterocycles. The first-order valence-corrected chi connectivity index (χ1v) is 15.3. The van der Waals surface area contributed by atoms with Crippen LogP contribution in [0.25, 0.3) is 0 Å². The Morgan fingerprint density at radius 1 is 0.786 bits per heavy atom. The monoisotopic (exact) mass is 564 g/mol. The molecule has 0 aliphatic heterocycles. The average molecular weight is 565 g/mol. The highest BCUT2D eigenvalue weighted by Gasteiger charge is 2.20. The zero-order chi connectivity index (χ0) is 29.7. The van der Waals surface area contributed by atoms with Crippen LogP contribution in [-0.2, 0) is 37.5 Å². The van der Waals surface area contributed by atoms with Gasteiger partial charge in [0.2, 0.25) is 0 Å². The number of aromatic nitrogens is 1. The van der Waals surface area contributed by atoms with Crippen LogP contribution in [0.4, 0.5) is 5.69 Å². The van der Waals surface area contributed by atoms with Crippen LogP contribution in [-0.4, -0.2) is 27.5 Å². The summed E-state index contributed by atoms with van der Waals surface area (Å²) in [4.78, 5) is 24.7. The topological polar surface area (TPSA) is 71.3 Å². The Morgan fingerprint density at radius 3 is 1.98 bits per heavy atom. The van der Waals surface area contributed by atoms with E-state index in [1.807, 2.05) is 31.3 Å². The maximum atomic E-state index is 13.7. The number of nitrogens with zero attached hydrogens (tertiary/aromatic N) is 1. The molecule has 42 heavy (non-hydrogen) atoms. The van der Waals surface area contributed by atoms with Gasteiger partial charge in [-0.2, -0.15) is 0 Å². The van der Waals surface area contributed by atoms with Crippen molar-refractivity contribution in [2.45, 2.75) is 77.2 Å². The molecule has 0 radical (unpaired) electrons. The van der Waals surface area contributed by atoms with Crippen molar-refractivity contribution in [1.82, 2.24) is 4.57 Å². The van der Waals surface area contributed by atoms with E-state index >= 15 is 0 Å². The van der Waals surface area contributed by atoms with Gasteiger partial charge < -0.3 is 15.0 Å². The van der Waals surface area contributed by atoms with Gasteiger partial charge in [-0.05, 0) is 87.1 Å². The van der Waals surface area contributed by atoms with Gasteiger partial charge in [0.15, 0.2) is 5.78 Å². The first-order valence-electron chi connectivity index (χ1n) is 15.3. The summed E-state index contributed by atoms with van der Waals surface area (Å²) >= 11 is 0. The second-order valence-electron chi connectivity index (χ2n) is 11.2. The van der Waals surface area contributed by atoms with Gasteiger partial charge in [-0.15, -0.1) is 0 Å². The Hall–Kier alpha value is -4.12. The van der Waals surface area contributed by atoms with E-state index in [4.69, 9.17) is 5.11 Å². The quantitative estimate of drug-likeness (QED) is 0.127. The molecular formula is C37H44N2O3. The minimum Gasteiger partial charge on any atom is -0.481 e. The number of rotatable bonds is 17. The van der Waals surface area contributed by atoms with Crippen LogP contribution in [0.1, 0.15) is 83.9 Å². The largest absolute Gasteiger partial charge is 0.481 e. The van der Waals surface area contributed by atoms with E-state index in [2.05, 4.69) is 83.5 Å². The van der Waals surface area contributed by atoms with Crippen LogP contribution < -0.4 is 5.32 Å². The number of ketones is 1. The van der Waals surface area contributed by atoms with Crippen molar-refractivity contribution in [2.75, 3.05) is 5.32 Å². The number of nitrogens with one attached hydrogen (secondary N) is 1. The number of carbonyl (C=O) groups is 2. The number of anilines is 1. The molecule has 2 N–H and O–H groups in total. The molecular weight excluding hydrogens is 520 g/mol. The molecule has 3 aromatic carbocycles. The first kappa shape index (κ1) is 30.8. The minimum absolute atomic E-state index is 0.0142. The Balaban J connectivity index is 1.45. The number of carboxylic acid groups (broad SMARTS) is 1. The van der Waals surface area contributed by atoms with Crippen molar-refractivity contribution in [3.63, 3.8) is 0 Å². The summed E-state index contributed by atoms with van der Waals surface area (Å²) < 4.78 is 2.06. The third-order valence-electron chi connectivity index (χ3n) is 8.08. The number of hydrogen-bond donors (Lipinski definition) is 2. The molecule has 5 heteroatoms. The van der Waals surface area contributed by atoms with Crippen molar-refractivity contribution < 1.29 is 14.7 Å².